The van der Waals surface area contributed by atoms with Crippen LogP contribution in [0.4, 0.5) is 5.82 Å². The van der Waals surface area contributed by atoms with Crippen LogP contribution in [0.25, 0.3) is 0 Å². The second kappa shape index (κ2) is 6.16. The molecule has 1 aliphatic rings. The van der Waals surface area contributed by atoms with Crippen molar-refractivity contribution >= 4 is 17.4 Å². The van der Waals surface area contributed by atoms with Crippen molar-refractivity contribution in [2.75, 3.05) is 25.0 Å². The van der Waals surface area contributed by atoms with Crippen LogP contribution < -0.4 is 5.32 Å². The number of nitrogens with one attached hydrogen (secondary N) is 1. The van der Waals surface area contributed by atoms with Crippen LogP contribution in [0.5, 0.6) is 0 Å². The average molecular weight is 267 g/mol. The van der Waals surface area contributed by atoms with Crippen molar-refractivity contribution in [3.05, 3.63) is 29.7 Å². The van der Waals surface area contributed by atoms with Gasteiger partial charge in [0, 0.05) is 31.7 Å². The molecule has 5 heteroatoms. The minimum Gasteiger partial charge on any atom is -0.367 e. The molecule has 0 radical (unpaired) electrons. The van der Waals surface area contributed by atoms with Gasteiger partial charge in [-0.15, -0.1) is 6.58 Å². The Bertz CT molecular complexity index is 393. The predicted octanol–water partition coefficient (Wildman–Crippen LogP) is 2.50. The van der Waals surface area contributed by atoms with E-state index in [2.05, 4.69) is 26.8 Å². The summed E-state index contributed by atoms with van der Waals surface area (Å²) in [6, 6.07) is 2.25. The number of piperidine rings is 1. The Kier molecular flexibility index (Phi) is 4.55. The topological polar surface area (TPSA) is 41.0 Å². The van der Waals surface area contributed by atoms with Gasteiger partial charge in [0.25, 0.3) is 0 Å². The molecule has 1 aromatic heterocycles. The molecule has 2 rings (SSSR count). The lowest BCUT2D eigenvalue weighted by Crippen LogP contribution is -2.39. The number of hydrogen-bond donors (Lipinski definition) is 1. The number of halogens is 1. The molecule has 1 saturated heterocycles. The Morgan fingerprint density at radius 3 is 2.83 bits per heavy atom. The summed E-state index contributed by atoms with van der Waals surface area (Å²) in [5, 5.41) is 3.93. The molecule has 4 nitrogen and oxygen atoms in total. The molecule has 0 unspecified atom stereocenters. The van der Waals surface area contributed by atoms with Gasteiger partial charge in [-0.05, 0) is 19.8 Å². The van der Waals surface area contributed by atoms with Crippen molar-refractivity contribution < 1.29 is 0 Å². The van der Waals surface area contributed by atoms with Crippen LogP contribution in [0.2, 0.25) is 5.15 Å². The SMILES string of the molecule is C=CCN1CCC(Nc2cc(Cl)nc(C)n2)CC1. The highest BCUT2D eigenvalue weighted by Gasteiger charge is 2.18. The van der Waals surface area contributed by atoms with Crippen molar-refractivity contribution in [2.45, 2.75) is 25.8 Å². The molecule has 1 N–H and O–H groups in total. The van der Waals surface area contributed by atoms with E-state index in [1.165, 1.54) is 0 Å². The van der Waals surface area contributed by atoms with Crippen LogP contribution in [0.15, 0.2) is 18.7 Å². The standard InChI is InChI=1S/C13H19ClN4/c1-3-6-18-7-4-11(5-8-18)17-13-9-12(14)15-10(2)16-13/h3,9,11H,1,4-8H2,2H3,(H,15,16,17). The summed E-state index contributed by atoms with van der Waals surface area (Å²) in [5.74, 6) is 1.53. The minimum absolute atomic E-state index is 0.469. The van der Waals surface area contributed by atoms with Gasteiger partial charge in [0.15, 0.2) is 0 Å². The summed E-state index contributed by atoms with van der Waals surface area (Å²) in [6.45, 7) is 8.80. The fourth-order valence-electron chi connectivity index (χ4n) is 2.26. The molecular formula is C13H19ClN4. The zero-order valence-electron chi connectivity index (χ0n) is 10.7. The van der Waals surface area contributed by atoms with Crippen molar-refractivity contribution in [3.8, 4) is 0 Å². The monoisotopic (exact) mass is 266 g/mol. The van der Waals surface area contributed by atoms with Crippen molar-refractivity contribution in [1.29, 1.82) is 0 Å². The molecule has 0 saturated carbocycles. The van der Waals surface area contributed by atoms with E-state index in [1.807, 2.05) is 13.0 Å². The highest BCUT2D eigenvalue weighted by atomic mass is 35.5. The Morgan fingerprint density at radius 2 is 2.22 bits per heavy atom. The largest absolute Gasteiger partial charge is 0.367 e. The van der Waals surface area contributed by atoms with Gasteiger partial charge in [-0.25, -0.2) is 9.97 Å². The molecule has 18 heavy (non-hydrogen) atoms. The van der Waals surface area contributed by atoms with Gasteiger partial charge in [-0.1, -0.05) is 17.7 Å². The second-order valence-electron chi connectivity index (χ2n) is 4.63. The van der Waals surface area contributed by atoms with Gasteiger partial charge in [0.2, 0.25) is 0 Å². The molecular weight excluding hydrogens is 248 g/mol. The van der Waals surface area contributed by atoms with E-state index in [4.69, 9.17) is 11.6 Å². The third kappa shape index (κ3) is 3.68. The molecule has 98 valence electrons. The van der Waals surface area contributed by atoms with E-state index in [1.54, 1.807) is 6.07 Å². The summed E-state index contributed by atoms with van der Waals surface area (Å²) in [6.07, 6.45) is 4.20. The Hall–Kier alpha value is -1.13. The molecule has 0 spiro atoms. The molecule has 0 aliphatic carbocycles. The number of nitrogens with zero attached hydrogens (tertiary/aromatic N) is 3. The maximum atomic E-state index is 5.92. The molecule has 0 bridgehead atoms. The van der Waals surface area contributed by atoms with E-state index in [-0.39, 0.29) is 0 Å². The fourth-order valence-corrected chi connectivity index (χ4v) is 2.48. The van der Waals surface area contributed by atoms with Gasteiger partial charge >= 0.3 is 0 Å². The Morgan fingerprint density at radius 1 is 1.50 bits per heavy atom. The maximum Gasteiger partial charge on any atom is 0.134 e. The van der Waals surface area contributed by atoms with Gasteiger partial charge in [0.05, 0.1) is 0 Å². The van der Waals surface area contributed by atoms with Crippen LogP contribution in [0.1, 0.15) is 18.7 Å². The first kappa shape index (κ1) is 13.3. The first-order chi connectivity index (χ1) is 8.67. The fraction of sp³-hybridized carbons (Fsp3) is 0.538. The maximum absolute atomic E-state index is 5.92. The first-order valence-corrected chi connectivity index (χ1v) is 6.66. The van der Waals surface area contributed by atoms with E-state index in [0.29, 0.717) is 17.0 Å². The highest BCUT2D eigenvalue weighted by Crippen LogP contribution is 2.17. The molecule has 0 atom stereocenters. The Labute approximate surface area is 113 Å². The number of aromatic nitrogens is 2. The number of likely N-dealkylation sites (tertiary alicyclic amines) is 1. The number of aryl methyl sites for hydroxylation is 1. The van der Waals surface area contributed by atoms with E-state index in [0.717, 1.165) is 38.3 Å². The summed E-state index contributed by atoms with van der Waals surface area (Å²) in [7, 11) is 0. The quantitative estimate of drug-likeness (QED) is 0.672. The summed E-state index contributed by atoms with van der Waals surface area (Å²) in [4.78, 5) is 10.8. The molecule has 0 amide bonds. The van der Waals surface area contributed by atoms with E-state index < -0.39 is 0 Å². The van der Waals surface area contributed by atoms with E-state index in [9.17, 15) is 0 Å². The second-order valence-corrected chi connectivity index (χ2v) is 5.02. The van der Waals surface area contributed by atoms with Crippen molar-refractivity contribution in [2.24, 2.45) is 0 Å². The van der Waals surface area contributed by atoms with Crippen LogP contribution in [-0.2, 0) is 0 Å². The predicted molar refractivity (Wildman–Crippen MR) is 75.1 cm³/mol. The lowest BCUT2D eigenvalue weighted by atomic mass is 10.1. The van der Waals surface area contributed by atoms with Crippen LogP contribution >= 0.6 is 11.6 Å². The highest BCUT2D eigenvalue weighted by molar-refractivity contribution is 6.29. The lowest BCUT2D eigenvalue weighted by Gasteiger charge is -2.31. The minimum atomic E-state index is 0.469. The van der Waals surface area contributed by atoms with Gasteiger partial charge in [-0.3, -0.25) is 4.90 Å². The van der Waals surface area contributed by atoms with Gasteiger partial charge < -0.3 is 5.32 Å². The molecule has 2 heterocycles. The smallest absolute Gasteiger partial charge is 0.134 e. The summed E-state index contributed by atoms with van der Waals surface area (Å²) in [5.41, 5.74) is 0. The zero-order valence-corrected chi connectivity index (χ0v) is 11.5. The zero-order chi connectivity index (χ0) is 13.0. The number of rotatable bonds is 4. The normalized spacial score (nSPS) is 17.7. The van der Waals surface area contributed by atoms with Crippen LogP contribution in [0, 0.1) is 6.92 Å². The molecule has 1 aromatic rings. The van der Waals surface area contributed by atoms with Gasteiger partial charge in [0.1, 0.15) is 16.8 Å². The summed E-state index contributed by atoms with van der Waals surface area (Å²) >= 11 is 5.92. The number of anilines is 1. The molecule has 1 fully saturated rings. The lowest BCUT2D eigenvalue weighted by molar-refractivity contribution is 0.240. The van der Waals surface area contributed by atoms with Crippen LogP contribution in [0.3, 0.4) is 0 Å². The van der Waals surface area contributed by atoms with Crippen molar-refractivity contribution in [3.63, 3.8) is 0 Å². The van der Waals surface area contributed by atoms with Gasteiger partial charge in [-0.2, -0.15) is 0 Å². The van der Waals surface area contributed by atoms with E-state index >= 15 is 0 Å². The third-order valence-electron chi connectivity index (χ3n) is 3.13. The Balaban J connectivity index is 1.89. The third-order valence-corrected chi connectivity index (χ3v) is 3.33. The first-order valence-electron chi connectivity index (χ1n) is 6.28. The summed E-state index contributed by atoms with van der Waals surface area (Å²) < 4.78 is 0. The molecule has 0 aromatic carbocycles. The van der Waals surface area contributed by atoms with Crippen LogP contribution in [-0.4, -0.2) is 40.5 Å². The van der Waals surface area contributed by atoms with Crippen molar-refractivity contribution in [1.82, 2.24) is 14.9 Å². The average Bonchev–Trinajstić information content (AvgIpc) is 2.31. The number of hydrogen-bond acceptors (Lipinski definition) is 4. The molecule has 1 aliphatic heterocycles.